The van der Waals surface area contributed by atoms with Crippen LogP contribution < -0.4 is 5.32 Å². The number of aromatic carboxylic acids is 1. The first-order valence-electron chi connectivity index (χ1n) is 5.47. The number of aromatic nitrogens is 3. The van der Waals surface area contributed by atoms with Gasteiger partial charge in [0.1, 0.15) is 5.82 Å². The smallest absolute Gasteiger partial charge is 0.356 e. The van der Waals surface area contributed by atoms with E-state index in [4.69, 9.17) is 5.11 Å². The van der Waals surface area contributed by atoms with E-state index in [0.717, 1.165) is 13.0 Å². The maximum absolute atomic E-state index is 11.1. The van der Waals surface area contributed by atoms with Gasteiger partial charge in [-0.3, -0.25) is 0 Å². The first-order chi connectivity index (χ1) is 8.13. The monoisotopic (exact) mass is 234 g/mol. The van der Waals surface area contributed by atoms with Crippen LogP contribution in [0.3, 0.4) is 0 Å². The van der Waals surface area contributed by atoms with Crippen molar-refractivity contribution in [3.05, 3.63) is 23.5 Å². The standard InChI is InChI=1S/C11H14N4O2/c1-3-6-12-8-4-5-9-13-7(2)10(11(16)17)15(9)14-8/h4-5H,3,6H2,1-2H3,(H,12,14)(H,16,17). The molecule has 2 rings (SSSR count). The molecule has 6 nitrogen and oxygen atoms in total. The fraction of sp³-hybridized carbons (Fsp3) is 0.364. The minimum Gasteiger partial charge on any atom is -0.476 e. The maximum atomic E-state index is 11.1. The summed E-state index contributed by atoms with van der Waals surface area (Å²) < 4.78 is 1.36. The highest BCUT2D eigenvalue weighted by Crippen LogP contribution is 2.13. The number of fused-ring (bicyclic) bond motifs is 1. The average molecular weight is 234 g/mol. The van der Waals surface area contributed by atoms with Gasteiger partial charge < -0.3 is 10.4 Å². The Balaban J connectivity index is 2.50. The lowest BCUT2D eigenvalue weighted by Gasteiger charge is -2.04. The van der Waals surface area contributed by atoms with Gasteiger partial charge in [0.05, 0.1) is 5.69 Å². The van der Waals surface area contributed by atoms with Crippen LogP contribution in [0.4, 0.5) is 5.82 Å². The van der Waals surface area contributed by atoms with E-state index >= 15 is 0 Å². The molecule has 0 fully saturated rings. The van der Waals surface area contributed by atoms with Gasteiger partial charge in [0.15, 0.2) is 11.3 Å². The third-order valence-corrected chi connectivity index (χ3v) is 2.41. The number of imidazole rings is 1. The van der Waals surface area contributed by atoms with Crippen molar-refractivity contribution >= 4 is 17.4 Å². The molecule has 0 unspecified atom stereocenters. The van der Waals surface area contributed by atoms with Gasteiger partial charge in [-0.05, 0) is 25.5 Å². The van der Waals surface area contributed by atoms with Crippen molar-refractivity contribution in [2.75, 3.05) is 11.9 Å². The van der Waals surface area contributed by atoms with E-state index in [1.165, 1.54) is 4.52 Å². The van der Waals surface area contributed by atoms with Gasteiger partial charge in [-0.2, -0.15) is 0 Å². The van der Waals surface area contributed by atoms with E-state index in [-0.39, 0.29) is 5.69 Å². The lowest BCUT2D eigenvalue weighted by Crippen LogP contribution is -2.09. The van der Waals surface area contributed by atoms with Crippen molar-refractivity contribution in [3.8, 4) is 0 Å². The van der Waals surface area contributed by atoms with E-state index in [1.54, 1.807) is 19.1 Å². The molecule has 6 heteroatoms. The molecular formula is C11H14N4O2. The number of hydrogen-bond acceptors (Lipinski definition) is 4. The Kier molecular flexibility index (Phi) is 2.95. The van der Waals surface area contributed by atoms with Crippen LogP contribution in [0.2, 0.25) is 0 Å². The second kappa shape index (κ2) is 4.40. The lowest BCUT2D eigenvalue weighted by atomic mass is 10.3. The molecule has 2 aromatic rings. The number of aryl methyl sites for hydroxylation is 1. The molecule has 0 saturated carbocycles. The van der Waals surface area contributed by atoms with Gasteiger partial charge in [0.2, 0.25) is 0 Å². The van der Waals surface area contributed by atoms with Crippen LogP contribution in [0.15, 0.2) is 12.1 Å². The molecule has 2 N–H and O–H groups in total. The second-order valence-electron chi connectivity index (χ2n) is 3.77. The van der Waals surface area contributed by atoms with Crippen LogP contribution in [-0.2, 0) is 0 Å². The molecule has 0 radical (unpaired) electrons. The molecule has 0 bridgehead atoms. The van der Waals surface area contributed by atoms with Gasteiger partial charge in [-0.1, -0.05) is 6.92 Å². The summed E-state index contributed by atoms with van der Waals surface area (Å²) in [4.78, 5) is 15.2. The summed E-state index contributed by atoms with van der Waals surface area (Å²) in [7, 11) is 0. The molecule has 0 saturated heterocycles. The van der Waals surface area contributed by atoms with Crippen molar-refractivity contribution in [2.45, 2.75) is 20.3 Å². The number of hydrogen-bond donors (Lipinski definition) is 2. The number of carboxylic acids is 1. The number of anilines is 1. The summed E-state index contributed by atoms with van der Waals surface area (Å²) in [5, 5.41) is 16.4. The largest absolute Gasteiger partial charge is 0.476 e. The molecule has 0 aliphatic carbocycles. The first kappa shape index (κ1) is 11.4. The highest BCUT2D eigenvalue weighted by atomic mass is 16.4. The quantitative estimate of drug-likeness (QED) is 0.839. The first-order valence-corrected chi connectivity index (χ1v) is 5.47. The second-order valence-corrected chi connectivity index (χ2v) is 3.77. The molecule has 0 atom stereocenters. The number of rotatable bonds is 4. The van der Waals surface area contributed by atoms with Crippen molar-refractivity contribution in [2.24, 2.45) is 0 Å². The minimum absolute atomic E-state index is 0.111. The summed E-state index contributed by atoms with van der Waals surface area (Å²) in [6, 6.07) is 3.55. The molecule has 0 aromatic carbocycles. The van der Waals surface area contributed by atoms with Crippen molar-refractivity contribution in [1.29, 1.82) is 0 Å². The van der Waals surface area contributed by atoms with E-state index in [1.807, 2.05) is 0 Å². The predicted octanol–water partition coefficient (Wildman–Crippen LogP) is 1.56. The minimum atomic E-state index is -1.02. The highest BCUT2D eigenvalue weighted by molar-refractivity contribution is 5.88. The Bertz CT molecular complexity index is 562. The normalized spacial score (nSPS) is 10.7. The summed E-state index contributed by atoms with van der Waals surface area (Å²) in [5.41, 5.74) is 1.12. The number of nitrogens with one attached hydrogen (secondary N) is 1. The van der Waals surface area contributed by atoms with Gasteiger partial charge >= 0.3 is 5.97 Å². The SMILES string of the molecule is CCCNc1ccc2nc(C)c(C(=O)O)n2n1. The van der Waals surface area contributed by atoms with Crippen LogP contribution in [0, 0.1) is 6.92 Å². The molecule has 0 amide bonds. The summed E-state index contributed by atoms with van der Waals surface area (Å²) in [6.07, 6.45) is 0.981. The molecule has 0 aliphatic rings. The Labute approximate surface area is 98.3 Å². The van der Waals surface area contributed by atoms with Gasteiger partial charge in [-0.25, -0.2) is 14.3 Å². The molecule has 2 aromatic heterocycles. The van der Waals surface area contributed by atoms with Crippen LogP contribution in [-0.4, -0.2) is 32.2 Å². The predicted molar refractivity (Wildman–Crippen MR) is 63.5 cm³/mol. The third kappa shape index (κ3) is 2.06. The Hall–Kier alpha value is -2.11. The van der Waals surface area contributed by atoms with Crippen LogP contribution in [0.1, 0.15) is 29.5 Å². The number of nitrogens with zero attached hydrogens (tertiary/aromatic N) is 3. The van der Waals surface area contributed by atoms with E-state index in [2.05, 4.69) is 22.3 Å². The summed E-state index contributed by atoms with van der Waals surface area (Å²) in [5.74, 6) is -0.366. The van der Waals surface area contributed by atoms with Gasteiger partial charge in [0, 0.05) is 6.54 Å². The fourth-order valence-electron chi connectivity index (χ4n) is 1.64. The maximum Gasteiger partial charge on any atom is 0.356 e. The van der Waals surface area contributed by atoms with Gasteiger partial charge in [0.25, 0.3) is 0 Å². The van der Waals surface area contributed by atoms with Crippen LogP contribution >= 0.6 is 0 Å². The Morgan fingerprint density at radius 3 is 2.94 bits per heavy atom. The molecular weight excluding hydrogens is 220 g/mol. The number of carboxylic acid groups (broad SMARTS) is 1. The number of carbonyl (C=O) groups is 1. The van der Waals surface area contributed by atoms with Crippen molar-refractivity contribution < 1.29 is 9.90 Å². The van der Waals surface area contributed by atoms with E-state index < -0.39 is 5.97 Å². The third-order valence-electron chi connectivity index (χ3n) is 2.41. The topological polar surface area (TPSA) is 79.5 Å². The van der Waals surface area contributed by atoms with Crippen molar-refractivity contribution in [1.82, 2.24) is 14.6 Å². The molecule has 90 valence electrons. The van der Waals surface area contributed by atoms with E-state index in [0.29, 0.717) is 17.2 Å². The zero-order valence-electron chi connectivity index (χ0n) is 9.77. The van der Waals surface area contributed by atoms with Gasteiger partial charge in [-0.15, -0.1) is 5.10 Å². The Morgan fingerprint density at radius 2 is 2.29 bits per heavy atom. The summed E-state index contributed by atoms with van der Waals surface area (Å²) >= 11 is 0. The van der Waals surface area contributed by atoms with Crippen molar-refractivity contribution in [3.63, 3.8) is 0 Å². The summed E-state index contributed by atoms with van der Waals surface area (Å²) in [6.45, 7) is 4.52. The zero-order valence-corrected chi connectivity index (χ0v) is 9.77. The molecule has 17 heavy (non-hydrogen) atoms. The van der Waals surface area contributed by atoms with E-state index in [9.17, 15) is 4.79 Å². The Morgan fingerprint density at radius 1 is 1.53 bits per heavy atom. The lowest BCUT2D eigenvalue weighted by molar-refractivity contribution is 0.0687. The molecule has 2 heterocycles. The van der Waals surface area contributed by atoms with Crippen LogP contribution in [0.5, 0.6) is 0 Å². The highest BCUT2D eigenvalue weighted by Gasteiger charge is 2.16. The molecule has 0 aliphatic heterocycles. The molecule has 0 spiro atoms. The zero-order chi connectivity index (χ0) is 12.4. The van der Waals surface area contributed by atoms with Crippen LogP contribution in [0.25, 0.3) is 5.65 Å². The average Bonchev–Trinajstić information content (AvgIpc) is 2.61. The fourth-order valence-corrected chi connectivity index (χ4v) is 1.64.